The van der Waals surface area contributed by atoms with Gasteiger partial charge in [-0.25, -0.2) is 0 Å². The molecule has 2 N–H and O–H groups in total. The van der Waals surface area contributed by atoms with Crippen LogP contribution in [0.2, 0.25) is 0 Å². The molecule has 0 saturated heterocycles. The minimum atomic E-state index is -4.84. The van der Waals surface area contributed by atoms with Crippen LogP contribution in [0.4, 0.5) is 18.9 Å². The van der Waals surface area contributed by atoms with Gasteiger partial charge >= 0.3 is 109 Å². The van der Waals surface area contributed by atoms with Gasteiger partial charge in [-0.2, -0.15) is 0 Å². The van der Waals surface area contributed by atoms with Crippen molar-refractivity contribution in [3.05, 3.63) is 24.3 Å². The Bertz CT molecular complexity index is 706. The molecule has 1 amide bonds. The van der Waals surface area contributed by atoms with Gasteiger partial charge in [-0.05, 0) is 30.9 Å². The molecule has 8 nitrogen and oxygen atoms in total. The Labute approximate surface area is 256 Å². The number of ether oxygens (including phenoxy) is 1. The van der Waals surface area contributed by atoms with Crippen LogP contribution in [0.25, 0.3) is 0 Å². The molecule has 13 heteroatoms. The minimum Gasteiger partial charge on any atom is -0.550 e. The van der Waals surface area contributed by atoms with Gasteiger partial charge < -0.3 is 35.2 Å². The molecule has 0 heterocycles. The first-order valence-corrected chi connectivity index (χ1v) is 8.26. The molecule has 0 aliphatic heterocycles. The molecular formula is C17H19F3K2N2O6. The van der Waals surface area contributed by atoms with E-state index in [9.17, 15) is 37.8 Å². The van der Waals surface area contributed by atoms with E-state index in [1.807, 2.05) is 0 Å². The molecule has 1 aromatic rings. The van der Waals surface area contributed by atoms with Gasteiger partial charge in [0.1, 0.15) is 5.75 Å². The van der Waals surface area contributed by atoms with E-state index in [2.05, 4.69) is 15.4 Å². The molecule has 0 spiro atoms. The average Bonchev–Trinajstić information content (AvgIpc) is 2.51. The molecule has 0 radical (unpaired) electrons. The second-order valence-electron chi connectivity index (χ2n) is 6.12. The number of carboxylic acids is 2. The van der Waals surface area contributed by atoms with Gasteiger partial charge in [0.15, 0.2) is 0 Å². The second kappa shape index (κ2) is 16.0. The average molecular weight is 483 g/mol. The zero-order valence-corrected chi connectivity index (χ0v) is 23.1. The number of halogens is 3. The monoisotopic (exact) mass is 482 g/mol. The topological polar surface area (TPSA) is 131 Å². The molecule has 0 bridgehead atoms. The van der Waals surface area contributed by atoms with Crippen LogP contribution in [-0.2, 0) is 14.4 Å². The van der Waals surface area contributed by atoms with Crippen LogP contribution in [0.3, 0.4) is 0 Å². The smallest absolute Gasteiger partial charge is 0.550 e. The number of alkyl halides is 3. The summed E-state index contributed by atoms with van der Waals surface area (Å²) in [5.74, 6) is -4.51. The van der Waals surface area contributed by atoms with Crippen molar-refractivity contribution < 1.29 is 145 Å². The van der Waals surface area contributed by atoms with Crippen LogP contribution in [0, 0.1) is 5.92 Å². The van der Waals surface area contributed by atoms with Gasteiger partial charge in [0.25, 0.3) is 0 Å². The number of amides is 1. The van der Waals surface area contributed by atoms with Crippen LogP contribution in [0.15, 0.2) is 24.3 Å². The normalized spacial score (nSPS) is 12.4. The van der Waals surface area contributed by atoms with E-state index in [0.717, 1.165) is 12.1 Å². The summed E-state index contributed by atoms with van der Waals surface area (Å²) in [5, 5.41) is 26.6. The van der Waals surface area contributed by atoms with Gasteiger partial charge in [-0.15, -0.1) is 13.2 Å². The molecule has 0 saturated carbocycles. The first kappa shape index (κ1) is 32.5. The number of hydrogen-bond acceptors (Lipinski definition) is 7. The van der Waals surface area contributed by atoms with Gasteiger partial charge in [-0.1, -0.05) is 13.0 Å². The second-order valence-corrected chi connectivity index (χ2v) is 6.12. The fourth-order valence-corrected chi connectivity index (χ4v) is 2.34. The van der Waals surface area contributed by atoms with Crippen molar-refractivity contribution in [3.63, 3.8) is 0 Å². The zero-order valence-electron chi connectivity index (χ0n) is 16.9. The number of hydrogen-bond donors (Lipinski definition) is 2. The largest absolute Gasteiger partial charge is 1.00 e. The Morgan fingerprint density at radius 2 is 1.77 bits per heavy atom. The molecule has 0 aromatic heterocycles. The summed E-state index contributed by atoms with van der Waals surface area (Å²) in [6, 6.07) is 3.61. The van der Waals surface area contributed by atoms with Gasteiger partial charge in [0.2, 0.25) is 5.91 Å². The number of carbonyl (C=O) groups excluding carboxylic acids is 3. The summed E-state index contributed by atoms with van der Waals surface area (Å²) in [6.45, 7) is 1.50. The minimum absolute atomic E-state index is 0. The van der Waals surface area contributed by atoms with Gasteiger partial charge in [0, 0.05) is 30.7 Å². The van der Waals surface area contributed by atoms with E-state index in [-0.39, 0.29) is 134 Å². The Kier molecular flexibility index (Phi) is 17.3. The van der Waals surface area contributed by atoms with E-state index >= 15 is 0 Å². The van der Waals surface area contributed by atoms with E-state index in [4.69, 9.17) is 0 Å². The van der Waals surface area contributed by atoms with Crippen molar-refractivity contribution in [2.24, 2.45) is 5.92 Å². The Balaban J connectivity index is 0. The van der Waals surface area contributed by atoms with Crippen molar-refractivity contribution in [2.75, 3.05) is 11.9 Å². The molecular weight excluding hydrogens is 463 g/mol. The maximum absolute atomic E-state index is 12.2. The zero-order chi connectivity index (χ0) is 21.3. The molecule has 30 heavy (non-hydrogen) atoms. The van der Waals surface area contributed by atoms with Crippen LogP contribution < -0.4 is 128 Å². The summed E-state index contributed by atoms with van der Waals surface area (Å²) in [7, 11) is 0. The maximum atomic E-state index is 12.2. The molecule has 2 unspecified atom stereocenters. The third kappa shape index (κ3) is 15.2. The quantitative estimate of drug-likeness (QED) is 0.300. The number of carbonyl (C=O) groups is 3. The number of rotatable bonds is 11. The first-order chi connectivity index (χ1) is 13.0. The maximum Gasteiger partial charge on any atom is 1.00 e. The molecule has 1 aromatic carbocycles. The molecule has 156 valence electrons. The molecule has 0 aliphatic carbocycles. The number of anilines is 1. The summed E-state index contributed by atoms with van der Waals surface area (Å²) >= 11 is 0. The Morgan fingerprint density at radius 1 is 1.13 bits per heavy atom. The fraction of sp³-hybridized carbons (Fsp3) is 0.471. The van der Waals surface area contributed by atoms with Gasteiger partial charge in [0.05, 0.1) is 12.0 Å². The van der Waals surface area contributed by atoms with E-state index in [0.29, 0.717) is 0 Å². The van der Waals surface area contributed by atoms with Crippen molar-refractivity contribution in [1.29, 1.82) is 0 Å². The Morgan fingerprint density at radius 3 is 2.30 bits per heavy atom. The number of carboxylic acid groups (broad SMARTS) is 2. The van der Waals surface area contributed by atoms with Crippen LogP contribution in [0.5, 0.6) is 5.75 Å². The molecule has 2 atom stereocenters. The third-order valence-corrected chi connectivity index (χ3v) is 3.50. The number of nitrogens with one attached hydrogen (secondary N) is 2. The predicted octanol–water partition coefficient (Wildman–Crippen LogP) is -6.20. The first-order valence-electron chi connectivity index (χ1n) is 8.26. The third-order valence-electron chi connectivity index (χ3n) is 3.50. The van der Waals surface area contributed by atoms with Crippen molar-refractivity contribution in [3.8, 4) is 5.75 Å². The number of benzene rings is 1. The summed E-state index contributed by atoms with van der Waals surface area (Å²) in [4.78, 5) is 33.4. The van der Waals surface area contributed by atoms with Crippen molar-refractivity contribution >= 4 is 23.5 Å². The van der Waals surface area contributed by atoms with Crippen LogP contribution in [0.1, 0.15) is 26.2 Å². The van der Waals surface area contributed by atoms with Crippen molar-refractivity contribution in [2.45, 2.75) is 38.6 Å². The molecule has 1 rings (SSSR count). The van der Waals surface area contributed by atoms with E-state index in [1.54, 1.807) is 0 Å². The van der Waals surface area contributed by atoms with Gasteiger partial charge in [-0.3, -0.25) is 4.79 Å². The van der Waals surface area contributed by atoms with Crippen LogP contribution >= 0.6 is 0 Å². The summed E-state index contributed by atoms with van der Waals surface area (Å²) in [6.07, 6.45) is -5.51. The SMILES string of the molecule is CC(CC(=O)[O-])CC(=O)NC(CCNc1cccc(OC(F)(F)F)c1)C(=O)[O-].[K+].[K+]. The molecule has 0 aliphatic rings. The standard InChI is InChI=1S/C17H21F3N2O6.2K/c1-10(8-15(24)25)7-14(23)22-13(16(26)27)5-6-21-11-3-2-4-12(9-11)28-17(18,19)20;;/h2-4,9-10,13,21H,5-8H2,1H3,(H,22,23)(H,24,25)(H,26,27);;/q;2*+1/p-2. The molecule has 0 fully saturated rings. The van der Waals surface area contributed by atoms with E-state index < -0.39 is 41.9 Å². The summed E-state index contributed by atoms with van der Waals surface area (Å²) in [5.41, 5.74) is 0.257. The van der Waals surface area contributed by atoms with E-state index in [1.165, 1.54) is 19.1 Å². The summed E-state index contributed by atoms with van der Waals surface area (Å²) < 4.78 is 40.4. The fourth-order valence-electron chi connectivity index (χ4n) is 2.34. The van der Waals surface area contributed by atoms with Crippen molar-refractivity contribution in [1.82, 2.24) is 5.32 Å². The number of aliphatic carboxylic acids is 2. The Hall–Kier alpha value is 0.293. The predicted molar refractivity (Wildman–Crippen MR) is 86.6 cm³/mol. The van der Waals surface area contributed by atoms with Crippen LogP contribution in [-0.4, -0.2) is 36.8 Å².